The highest BCUT2D eigenvalue weighted by Crippen LogP contribution is 2.37. The fourth-order valence-electron chi connectivity index (χ4n) is 1.73. The Morgan fingerprint density at radius 2 is 1.68 bits per heavy atom. The monoisotopic (exact) mass is 256 g/mol. The molecule has 0 saturated heterocycles. The predicted octanol–water partition coefficient (Wildman–Crippen LogP) is 3.67. The van der Waals surface area contributed by atoms with Crippen molar-refractivity contribution >= 4 is 12.2 Å². The first-order valence-electron chi connectivity index (χ1n) is 6.12. The van der Waals surface area contributed by atoms with Crippen LogP contribution in [0.2, 0.25) is 0 Å². The van der Waals surface area contributed by atoms with Crippen molar-refractivity contribution in [3.63, 3.8) is 0 Å². The van der Waals surface area contributed by atoms with E-state index in [2.05, 4.69) is 0 Å². The molecule has 0 spiro atoms. The summed E-state index contributed by atoms with van der Waals surface area (Å²) in [7, 11) is 0. The van der Waals surface area contributed by atoms with E-state index >= 15 is 0 Å². The van der Waals surface area contributed by atoms with Gasteiger partial charge in [-0.1, -0.05) is 42.5 Å². The summed E-state index contributed by atoms with van der Waals surface area (Å²) in [6.07, 6.45) is 3.79. The van der Waals surface area contributed by atoms with Gasteiger partial charge < -0.3 is 14.9 Å². The normalized spacial score (nSPS) is 10.8. The number of hydrogen-bond donors (Lipinski definition) is 2. The van der Waals surface area contributed by atoms with E-state index in [9.17, 15) is 10.2 Å². The average molecular weight is 256 g/mol. The number of phenolic OH excluding ortho intramolecular Hbond substituents is 2. The first-order chi connectivity index (χ1) is 9.20. The van der Waals surface area contributed by atoms with E-state index in [4.69, 9.17) is 4.74 Å². The highest BCUT2D eigenvalue weighted by molar-refractivity contribution is 5.72. The molecule has 19 heavy (non-hydrogen) atoms. The van der Waals surface area contributed by atoms with E-state index in [-0.39, 0.29) is 17.2 Å². The summed E-state index contributed by atoms with van der Waals surface area (Å²) in [5.41, 5.74) is 1.83. The van der Waals surface area contributed by atoms with E-state index in [0.717, 1.165) is 11.1 Å². The lowest BCUT2D eigenvalue weighted by Gasteiger charge is -2.08. The summed E-state index contributed by atoms with van der Waals surface area (Å²) in [6.45, 7) is 2.25. The smallest absolute Gasteiger partial charge is 0.200 e. The molecule has 2 rings (SSSR count). The summed E-state index contributed by atoms with van der Waals surface area (Å²) in [5.74, 6) is -0.118. The van der Waals surface area contributed by atoms with Crippen molar-refractivity contribution in [3.8, 4) is 17.2 Å². The Labute approximate surface area is 112 Å². The van der Waals surface area contributed by atoms with Crippen LogP contribution in [0.4, 0.5) is 0 Å². The number of phenols is 2. The maximum Gasteiger partial charge on any atom is 0.200 e. The van der Waals surface area contributed by atoms with Gasteiger partial charge in [0.05, 0.1) is 6.61 Å². The first kappa shape index (κ1) is 13.0. The van der Waals surface area contributed by atoms with Crippen LogP contribution < -0.4 is 4.74 Å². The molecule has 0 amide bonds. The van der Waals surface area contributed by atoms with Gasteiger partial charge in [0.2, 0.25) is 5.75 Å². The zero-order chi connectivity index (χ0) is 13.7. The SMILES string of the molecule is CCOc1cc(C=Cc2ccccc2)cc(O)c1O. The number of ether oxygens (including phenoxy) is 1. The van der Waals surface area contributed by atoms with Gasteiger partial charge >= 0.3 is 0 Å². The third kappa shape index (κ3) is 3.28. The average Bonchev–Trinajstić information content (AvgIpc) is 2.43. The Bertz CT molecular complexity index is 574. The number of aromatic hydroxyl groups is 2. The van der Waals surface area contributed by atoms with Crippen molar-refractivity contribution in [3.05, 3.63) is 53.6 Å². The molecule has 0 aromatic heterocycles. The maximum atomic E-state index is 9.64. The van der Waals surface area contributed by atoms with E-state index < -0.39 is 0 Å². The summed E-state index contributed by atoms with van der Waals surface area (Å²) in [6, 6.07) is 13.0. The van der Waals surface area contributed by atoms with E-state index in [0.29, 0.717) is 6.61 Å². The Hall–Kier alpha value is -2.42. The number of hydrogen-bond acceptors (Lipinski definition) is 3. The third-order valence-corrected chi connectivity index (χ3v) is 2.64. The molecule has 0 unspecified atom stereocenters. The maximum absolute atomic E-state index is 9.64. The molecule has 0 atom stereocenters. The molecule has 3 nitrogen and oxygen atoms in total. The van der Waals surface area contributed by atoms with Crippen LogP contribution in [-0.2, 0) is 0 Å². The van der Waals surface area contributed by atoms with Gasteiger partial charge in [-0.3, -0.25) is 0 Å². The summed E-state index contributed by atoms with van der Waals surface area (Å²) in [5, 5.41) is 19.3. The van der Waals surface area contributed by atoms with Crippen molar-refractivity contribution in [2.75, 3.05) is 6.61 Å². The quantitative estimate of drug-likeness (QED) is 0.648. The van der Waals surface area contributed by atoms with Crippen molar-refractivity contribution < 1.29 is 14.9 Å². The zero-order valence-electron chi connectivity index (χ0n) is 10.7. The lowest BCUT2D eigenvalue weighted by Crippen LogP contribution is -1.92. The molecule has 0 saturated carbocycles. The Morgan fingerprint density at radius 1 is 1.00 bits per heavy atom. The molecule has 0 bridgehead atoms. The highest BCUT2D eigenvalue weighted by atomic mass is 16.5. The number of rotatable bonds is 4. The van der Waals surface area contributed by atoms with Gasteiger partial charge in [0.25, 0.3) is 0 Å². The third-order valence-electron chi connectivity index (χ3n) is 2.64. The van der Waals surface area contributed by atoms with Crippen molar-refractivity contribution in [2.45, 2.75) is 6.92 Å². The summed E-state index contributed by atoms with van der Waals surface area (Å²) >= 11 is 0. The summed E-state index contributed by atoms with van der Waals surface area (Å²) in [4.78, 5) is 0. The molecule has 0 aliphatic rings. The van der Waals surface area contributed by atoms with Crippen molar-refractivity contribution in [1.29, 1.82) is 0 Å². The minimum absolute atomic E-state index is 0.182. The molecule has 0 heterocycles. The standard InChI is InChI=1S/C16H16O3/c1-2-19-15-11-13(10-14(17)16(15)18)9-8-12-6-4-3-5-7-12/h3-11,17-18H,2H2,1H3. The van der Waals surface area contributed by atoms with Gasteiger partial charge in [-0.2, -0.15) is 0 Å². The zero-order valence-corrected chi connectivity index (χ0v) is 10.7. The van der Waals surface area contributed by atoms with Gasteiger partial charge in [-0.25, -0.2) is 0 Å². The minimum atomic E-state index is -0.223. The van der Waals surface area contributed by atoms with Crippen LogP contribution in [0.3, 0.4) is 0 Å². The second-order valence-corrected chi connectivity index (χ2v) is 4.06. The lowest BCUT2D eigenvalue weighted by molar-refractivity contribution is 0.309. The number of benzene rings is 2. The van der Waals surface area contributed by atoms with Crippen molar-refractivity contribution in [1.82, 2.24) is 0 Å². The Morgan fingerprint density at radius 3 is 2.37 bits per heavy atom. The van der Waals surface area contributed by atoms with Gasteiger partial charge in [-0.15, -0.1) is 0 Å². The van der Waals surface area contributed by atoms with Gasteiger partial charge in [0.1, 0.15) is 0 Å². The van der Waals surface area contributed by atoms with Crippen molar-refractivity contribution in [2.24, 2.45) is 0 Å². The van der Waals surface area contributed by atoms with Crippen LogP contribution in [0, 0.1) is 0 Å². The highest BCUT2D eigenvalue weighted by Gasteiger charge is 2.08. The van der Waals surface area contributed by atoms with Gasteiger partial charge in [0, 0.05) is 0 Å². The largest absolute Gasteiger partial charge is 0.504 e. The molecule has 2 N–H and O–H groups in total. The predicted molar refractivity (Wildman–Crippen MR) is 76.3 cm³/mol. The minimum Gasteiger partial charge on any atom is -0.504 e. The van der Waals surface area contributed by atoms with E-state index in [1.54, 1.807) is 6.07 Å². The van der Waals surface area contributed by atoms with Crippen LogP contribution in [0.1, 0.15) is 18.1 Å². The topological polar surface area (TPSA) is 49.7 Å². The molecular weight excluding hydrogens is 240 g/mol. The van der Waals surface area contributed by atoms with Crippen LogP contribution in [-0.4, -0.2) is 16.8 Å². The first-order valence-corrected chi connectivity index (χ1v) is 6.12. The molecule has 0 radical (unpaired) electrons. The molecule has 98 valence electrons. The van der Waals surface area contributed by atoms with Gasteiger partial charge in [-0.05, 0) is 30.2 Å². The molecule has 0 aliphatic heterocycles. The second-order valence-electron chi connectivity index (χ2n) is 4.06. The Kier molecular flexibility index (Phi) is 4.08. The molecule has 3 heteroatoms. The van der Waals surface area contributed by atoms with Gasteiger partial charge in [0.15, 0.2) is 11.5 Å². The molecule has 0 fully saturated rings. The Balaban J connectivity index is 2.28. The van der Waals surface area contributed by atoms with E-state index in [1.807, 2.05) is 49.4 Å². The molecular formula is C16H16O3. The molecule has 2 aromatic rings. The molecule has 0 aliphatic carbocycles. The summed E-state index contributed by atoms with van der Waals surface area (Å²) < 4.78 is 5.27. The van der Waals surface area contributed by atoms with Crippen LogP contribution in [0.5, 0.6) is 17.2 Å². The van der Waals surface area contributed by atoms with E-state index in [1.165, 1.54) is 6.07 Å². The van der Waals surface area contributed by atoms with Crippen LogP contribution in [0.15, 0.2) is 42.5 Å². The lowest BCUT2D eigenvalue weighted by atomic mass is 10.1. The van der Waals surface area contributed by atoms with Crippen LogP contribution >= 0.6 is 0 Å². The van der Waals surface area contributed by atoms with Crippen LogP contribution in [0.25, 0.3) is 12.2 Å². The second kappa shape index (κ2) is 5.96. The fourth-order valence-corrected chi connectivity index (χ4v) is 1.73. The molecule has 2 aromatic carbocycles. The fraction of sp³-hybridized carbons (Fsp3) is 0.125.